The van der Waals surface area contributed by atoms with E-state index < -0.39 is 6.10 Å². The molecule has 1 aliphatic heterocycles. The fourth-order valence-corrected chi connectivity index (χ4v) is 3.46. The van der Waals surface area contributed by atoms with Gasteiger partial charge in [-0.05, 0) is 36.2 Å². The van der Waals surface area contributed by atoms with Gasteiger partial charge in [-0.15, -0.1) is 0 Å². The van der Waals surface area contributed by atoms with Gasteiger partial charge >= 0.3 is 0 Å². The van der Waals surface area contributed by atoms with E-state index in [1.807, 2.05) is 30.1 Å². The van der Waals surface area contributed by atoms with E-state index >= 15 is 0 Å². The first-order valence-electron chi connectivity index (χ1n) is 9.94. The molecule has 0 radical (unpaired) electrons. The second-order valence-electron chi connectivity index (χ2n) is 7.76. The van der Waals surface area contributed by atoms with Gasteiger partial charge in [0.15, 0.2) is 6.10 Å². The van der Waals surface area contributed by atoms with Crippen LogP contribution in [0.25, 0.3) is 0 Å². The Kier molecular flexibility index (Phi) is 6.54. The summed E-state index contributed by atoms with van der Waals surface area (Å²) < 4.78 is 5.78. The molecule has 2 aromatic rings. The zero-order valence-electron chi connectivity index (χ0n) is 17.5. The number of amides is 2. The number of nitrogens with one attached hydrogen (secondary N) is 1. The maximum atomic E-state index is 13.1. The lowest BCUT2D eigenvalue weighted by atomic mass is 10.0. The Bertz CT molecular complexity index is 864. The molecule has 0 saturated carbocycles. The first kappa shape index (κ1) is 20.9. The van der Waals surface area contributed by atoms with Crippen LogP contribution in [-0.2, 0) is 16.1 Å². The van der Waals surface area contributed by atoms with Gasteiger partial charge in [0.1, 0.15) is 5.75 Å². The van der Waals surface area contributed by atoms with Crippen molar-refractivity contribution < 1.29 is 14.3 Å². The summed E-state index contributed by atoms with van der Waals surface area (Å²) in [6, 6.07) is 15.8. The number of para-hydroxylation sites is 2. The minimum Gasteiger partial charge on any atom is -0.477 e. The van der Waals surface area contributed by atoms with Crippen LogP contribution in [0.2, 0.25) is 0 Å². The highest BCUT2D eigenvalue weighted by Gasteiger charge is 2.33. The van der Waals surface area contributed by atoms with Crippen molar-refractivity contribution in [3.63, 3.8) is 0 Å². The van der Waals surface area contributed by atoms with E-state index in [-0.39, 0.29) is 24.9 Å². The molecule has 0 unspecified atom stereocenters. The third kappa shape index (κ3) is 4.95. The lowest BCUT2D eigenvalue weighted by molar-refractivity contribution is -0.128. The van der Waals surface area contributed by atoms with Gasteiger partial charge in [0.2, 0.25) is 5.91 Å². The Labute approximate surface area is 172 Å². The molecular weight excluding hydrogens is 366 g/mol. The van der Waals surface area contributed by atoms with Crippen molar-refractivity contribution in [3.8, 4) is 5.75 Å². The zero-order valence-corrected chi connectivity index (χ0v) is 17.5. The molecule has 0 saturated heterocycles. The maximum Gasteiger partial charge on any atom is 0.262 e. The highest BCUT2D eigenvalue weighted by atomic mass is 16.5. The van der Waals surface area contributed by atoms with Gasteiger partial charge in [-0.3, -0.25) is 14.5 Å². The number of carbonyl (C=O) groups is 2. The van der Waals surface area contributed by atoms with Crippen LogP contribution in [0.5, 0.6) is 5.75 Å². The molecule has 2 amide bonds. The van der Waals surface area contributed by atoms with E-state index in [0.29, 0.717) is 23.9 Å². The third-order valence-corrected chi connectivity index (χ3v) is 5.12. The van der Waals surface area contributed by atoms with Crippen LogP contribution in [0, 0.1) is 0 Å². The Morgan fingerprint density at radius 1 is 1.17 bits per heavy atom. The molecular formula is C23H29N3O3. The minimum absolute atomic E-state index is 0.0593. The Hall–Kier alpha value is -2.86. The summed E-state index contributed by atoms with van der Waals surface area (Å²) in [5.74, 6) is 0.748. The number of anilines is 1. The number of hydrogen-bond donors (Lipinski definition) is 1. The summed E-state index contributed by atoms with van der Waals surface area (Å²) >= 11 is 0. The van der Waals surface area contributed by atoms with Gasteiger partial charge in [0.05, 0.1) is 18.8 Å². The Morgan fingerprint density at radius 2 is 1.86 bits per heavy atom. The molecule has 0 fully saturated rings. The number of hydrogen-bond acceptors (Lipinski definition) is 4. The van der Waals surface area contributed by atoms with Crippen LogP contribution < -0.4 is 15.0 Å². The smallest absolute Gasteiger partial charge is 0.262 e. The summed E-state index contributed by atoms with van der Waals surface area (Å²) in [4.78, 5) is 28.8. The van der Waals surface area contributed by atoms with E-state index in [4.69, 9.17) is 4.74 Å². The van der Waals surface area contributed by atoms with E-state index in [1.165, 1.54) is 5.56 Å². The zero-order chi connectivity index (χ0) is 21.0. The first-order chi connectivity index (χ1) is 13.9. The van der Waals surface area contributed by atoms with E-state index in [1.54, 1.807) is 18.0 Å². The van der Waals surface area contributed by atoms with E-state index in [9.17, 15) is 9.59 Å². The molecule has 0 aliphatic carbocycles. The third-order valence-electron chi connectivity index (χ3n) is 5.12. The fourth-order valence-electron chi connectivity index (χ4n) is 3.46. The predicted molar refractivity (Wildman–Crippen MR) is 114 cm³/mol. The topological polar surface area (TPSA) is 61.9 Å². The molecule has 154 valence electrons. The first-order valence-corrected chi connectivity index (χ1v) is 9.94. The van der Waals surface area contributed by atoms with E-state index in [0.717, 1.165) is 5.56 Å². The molecule has 29 heavy (non-hydrogen) atoms. The Morgan fingerprint density at radius 3 is 2.52 bits per heavy atom. The standard InChI is InChI=1S/C23H29N3O3/c1-16(2)18-11-9-17(10-12-18)13-25(4)15-22(27)26-14-21(23(28)24-3)29-20-8-6-5-7-19(20)26/h5-12,16,21H,13-15H2,1-4H3,(H,24,28)/t21-/m1/s1. The lowest BCUT2D eigenvalue weighted by Crippen LogP contribution is -2.51. The molecule has 1 N–H and O–H groups in total. The molecule has 0 spiro atoms. The number of ether oxygens (including phenoxy) is 1. The van der Waals surface area contributed by atoms with Crippen molar-refractivity contribution in [2.24, 2.45) is 0 Å². The van der Waals surface area contributed by atoms with E-state index in [2.05, 4.69) is 43.4 Å². The normalized spacial score (nSPS) is 15.8. The number of carbonyl (C=O) groups excluding carboxylic acids is 2. The summed E-state index contributed by atoms with van der Waals surface area (Å²) in [6.07, 6.45) is -0.715. The van der Waals surface area contributed by atoms with Gasteiger partial charge in [0.25, 0.3) is 5.91 Å². The van der Waals surface area contributed by atoms with Crippen LogP contribution >= 0.6 is 0 Å². The fraction of sp³-hybridized carbons (Fsp3) is 0.391. The van der Waals surface area contributed by atoms with Gasteiger partial charge in [0, 0.05) is 13.6 Å². The summed E-state index contributed by atoms with van der Waals surface area (Å²) in [5.41, 5.74) is 3.17. The molecule has 0 aromatic heterocycles. The molecule has 1 atom stereocenters. The molecule has 0 bridgehead atoms. The van der Waals surface area contributed by atoms with Gasteiger partial charge in [-0.2, -0.15) is 0 Å². The second-order valence-corrected chi connectivity index (χ2v) is 7.76. The summed E-state index contributed by atoms with van der Waals surface area (Å²) in [5, 5.41) is 2.60. The molecule has 3 rings (SSSR count). The van der Waals surface area contributed by atoms with Crippen LogP contribution in [0.1, 0.15) is 30.9 Å². The lowest BCUT2D eigenvalue weighted by Gasteiger charge is -2.34. The highest BCUT2D eigenvalue weighted by molar-refractivity contribution is 5.98. The number of rotatable bonds is 6. The van der Waals surface area contributed by atoms with Crippen molar-refractivity contribution >= 4 is 17.5 Å². The molecule has 2 aromatic carbocycles. The van der Waals surface area contributed by atoms with Crippen molar-refractivity contribution in [3.05, 3.63) is 59.7 Å². The quantitative estimate of drug-likeness (QED) is 0.817. The van der Waals surface area contributed by atoms with Gasteiger partial charge in [-0.25, -0.2) is 0 Å². The van der Waals surface area contributed by atoms with Crippen LogP contribution in [0.4, 0.5) is 5.69 Å². The van der Waals surface area contributed by atoms with Crippen molar-refractivity contribution in [1.82, 2.24) is 10.2 Å². The number of fused-ring (bicyclic) bond motifs is 1. The number of nitrogens with zero attached hydrogens (tertiary/aromatic N) is 2. The molecule has 6 nitrogen and oxygen atoms in total. The van der Waals surface area contributed by atoms with Crippen LogP contribution in [-0.4, -0.2) is 50.0 Å². The Balaban J connectivity index is 1.69. The van der Waals surface area contributed by atoms with Gasteiger partial charge < -0.3 is 15.0 Å². The average molecular weight is 396 g/mol. The summed E-state index contributed by atoms with van der Waals surface area (Å²) in [7, 11) is 3.49. The largest absolute Gasteiger partial charge is 0.477 e. The SMILES string of the molecule is CNC(=O)[C@H]1CN(C(=O)CN(C)Cc2ccc(C(C)C)cc2)c2ccccc2O1. The molecule has 1 aliphatic rings. The summed E-state index contributed by atoms with van der Waals surface area (Å²) in [6.45, 7) is 5.47. The molecule has 1 heterocycles. The second kappa shape index (κ2) is 9.09. The molecule has 6 heteroatoms. The van der Waals surface area contributed by atoms with Gasteiger partial charge in [-0.1, -0.05) is 50.2 Å². The minimum atomic E-state index is -0.715. The number of benzene rings is 2. The van der Waals surface area contributed by atoms with Crippen molar-refractivity contribution in [2.45, 2.75) is 32.4 Å². The monoisotopic (exact) mass is 395 g/mol. The predicted octanol–water partition coefficient (Wildman–Crippen LogP) is 2.78. The number of likely N-dealkylation sites (N-methyl/N-ethyl adjacent to an activating group) is 2. The van der Waals surface area contributed by atoms with Crippen molar-refractivity contribution in [1.29, 1.82) is 0 Å². The average Bonchev–Trinajstić information content (AvgIpc) is 2.72. The van der Waals surface area contributed by atoms with Crippen LogP contribution in [0.3, 0.4) is 0 Å². The maximum absolute atomic E-state index is 13.1. The van der Waals surface area contributed by atoms with Crippen molar-refractivity contribution in [2.75, 3.05) is 32.1 Å². The van der Waals surface area contributed by atoms with Crippen LogP contribution in [0.15, 0.2) is 48.5 Å². The highest BCUT2D eigenvalue weighted by Crippen LogP contribution is 2.33.